The van der Waals surface area contributed by atoms with Crippen molar-refractivity contribution in [2.75, 3.05) is 0 Å². The first-order chi connectivity index (χ1) is 7.42. The van der Waals surface area contributed by atoms with Gasteiger partial charge >= 0.3 is 5.97 Å². The second-order valence-electron chi connectivity index (χ2n) is 6.01. The normalized spacial score (nSPS) is 48.4. The summed E-state index contributed by atoms with van der Waals surface area (Å²) in [5.41, 5.74) is -0.669. The molecule has 2 aliphatic rings. The van der Waals surface area contributed by atoms with Gasteiger partial charge in [-0.25, -0.2) is 0 Å². The van der Waals surface area contributed by atoms with E-state index in [-0.39, 0.29) is 5.92 Å². The first-order valence-corrected chi connectivity index (χ1v) is 6.37. The van der Waals surface area contributed by atoms with E-state index in [4.69, 9.17) is 5.11 Å². The lowest BCUT2D eigenvalue weighted by atomic mass is 9.59. The van der Waals surface area contributed by atoms with Crippen LogP contribution in [0, 0.1) is 23.7 Å². The third kappa shape index (κ3) is 1.97. The van der Waals surface area contributed by atoms with Crippen LogP contribution < -0.4 is 0 Å². The molecule has 2 aliphatic carbocycles. The van der Waals surface area contributed by atoms with Crippen molar-refractivity contribution in [1.82, 2.24) is 0 Å². The molecule has 0 bridgehead atoms. The highest BCUT2D eigenvalue weighted by Gasteiger charge is 2.51. The predicted octanol–water partition coefficient (Wildman–Crippen LogP) is 2.28. The van der Waals surface area contributed by atoms with Gasteiger partial charge < -0.3 is 10.2 Å². The molecule has 0 aromatic heterocycles. The van der Waals surface area contributed by atoms with Gasteiger partial charge in [0.25, 0.3) is 0 Å². The lowest BCUT2D eigenvalue weighted by molar-refractivity contribution is -0.171. The maximum atomic E-state index is 10.8. The standard InChI is InChI=1S/C13H22O3/c1-8-3-4-11(5-9(8)2)13(16)6-10(7-13)12(14)15/h8-11,16H,3-7H2,1-2H3,(H,14,15). The number of hydrogen-bond acceptors (Lipinski definition) is 2. The Morgan fingerprint density at radius 1 is 1.19 bits per heavy atom. The number of carboxylic acid groups (broad SMARTS) is 1. The molecule has 0 amide bonds. The number of rotatable bonds is 2. The van der Waals surface area contributed by atoms with Gasteiger partial charge in [0.2, 0.25) is 0 Å². The molecule has 3 atom stereocenters. The molecule has 0 aromatic rings. The van der Waals surface area contributed by atoms with Gasteiger partial charge in [-0.2, -0.15) is 0 Å². The van der Waals surface area contributed by atoms with Crippen LogP contribution in [0.15, 0.2) is 0 Å². The van der Waals surface area contributed by atoms with Crippen molar-refractivity contribution in [2.24, 2.45) is 23.7 Å². The van der Waals surface area contributed by atoms with E-state index >= 15 is 0 Å². The van der Waals surface area contributed by atoms with Crippen LogP contribution in [0.2, 0.25) is 0 Å². The molecule has 0 heterocycles. The number of hydrogen-bond donors (Lipinski definition) is 2. The van der Waals surface area contributed by atoms with Gasteiger partial charge in [-0.05, 0) is 43.4 Å². The van der Waals surface area contributed by atoms with Crippen LogP contribution in [0.3, 0.4) is 0 Å². The van der Waals surface area contributed by atoms with Crippen molar-refractivity contribution in [3.8, 4) is 0 Å². The van der Waals surface area contributed by atoms with Crippen LogP contribution in [0.25, 0.3) is 0 Å². The van der Waals surface area contributed by atoms with Gasteiger partial charge in [0, 0.05) is 0 Å². The molecular weight excluding hydrogens is 204 g/mol. The van der Waals surface area contributed by atoms with Gasteiger partial charge in [0.05, 0.1) is 11.5 Å². The Labute approximate surface area is 96.9 Å². The van der Waals surface area contributed by atoms with Crippen molar-refractivity contribution in [3.05, 3.63) is 0 Å². The van der Waals surface area contributed by atoms with E-state index in [1.807, 2.05) is 0 Å². The zero-order valence-electron chi connectivity index (χ0n) is 10.1. The van der Waals surface area contributed by atoms with Crippen molar-refractivity contribution in [1.29, 1.82) is 0 Å². The van der Waals surface area contributed by atoms with Crippen LogP contribution in [0.4, 0.5) is 0 Å². The van der Waals surface area contributed by atoms with Gasteiger partial charge in [-0.15, -0.1) is 0 Å². The lowest BCUT2D eigenvalue weighted by Gasteiger charge is -2.50. The van der Waals surface area contributed by atoms with E-state index in [9.17, 15) is 9.90 Å². The van der Waals surface area contributed by atoms with Crippen molar-refractivity contribution in [2.45, 2.75) is 51.6 Å². The van der Waals surface area contributed by atoms with Crippen LogP contribution in [0.1, 0.15) is 46.0 Å². The molecular formula is C13H22O3. The maximum absolute atomic E-state index is 10.8. The van der Waals surface area contributed by atoms with Crippen LogP contribution >= 0.6 is 0 Å². The summed E-state index contributed by atoms with van der Waals surface area (Å²) in [6.07, 6.45) is 4.23. The molecule has 16 heavy (non-hydrogen) atoms. The van der Waals surface area contributed by atoms with Crippen LogP contribution in [-0.2, 0) is 4.79 Å². The molecule has 0 radical (unpaired) electrons. The highest BCUT2D eigenvalue weighted by molar-refractivity contribution is 5.71. The zero-order valence-corrected chi connectivity index (χ0v) is 10.1. The van der Waals surface area contributed by atoms with Crippen molar-refractivity contribution >= 4 is 5.97 Å². The molecule has 0 aromatic carbocycles. The highest BCUT2D eigenvalue weighted by Crippen LogP contribution is 2.49. The van der Waals surface area contributed by atoms with E-state index in [0.29, 0.717) is 24.7 Å². The Bertz CT molecular complexity index is 281. The number of carboxylic acids is 1. The summed E-state index contributed by atoms with van der Waals surface area (Å²) in [5, 5.41) is 19.2. The third-order valence-corrected chi connectivity index (χ3v) is 4.91. The summed E-state index contributed by atoms with van der Waals surface area (Å²) in [6.45, 7) is 4.51. The minimum Gasteiger partial charge on any atom is -0.481 e. The fourth-order valence-corrected chi connectivity index (χ4v) is 3.34. The quantitative estimate of drug-likeness (QED) is 0.759. The largest absolute Gasteiger partial charge is 0.481 e. The Morgan fingerprint density at radius 3 is 2.31 bits per heavy atom. The average molecular weight is 226 g/mol. The summed E-state index contributed by atoms with van der Waals surface area (Å²) in [6, 6.07) is 0. The van der Waals surface area contributed by atoms with Crippen LogP contribution in [-0.4, -0.2) is 21.8 Å². The monoisotopic (exact) mass is 226 g/mol. The van der Waals surface area contributed by atoms with Gasteiger partial charge in [0.1, 0.15) is 0 Å². The highest BCUT2D eigenvalue weighted by atomic mass is 16.4. The first-order valence-electron chi connectivity index (χ1n) is 6.37. The average Bonchev–Trinajstić information content (AvgIpc) is 2.17. The number of carbonyl (C=O) groups is 1. The van der Waals surface area contributed by atoms with Gasteiger partial charge in [-0.1, -0.05) is 20.3 Å². The Morgan fingerprint density at radius 2 is 1.81 bits per heavy atom. The molecule has 0 aliphatic heterocycles. The molecule has 2 saturated carbocycles. The van der Waals surface area contributed by atoms with E-state index in [1.165, 1.54) is 6.42 Å². The predicted molar refractivity (Wildman–Crippen MR) is 61.0 cm³/mol. The Balaban J connectivity index is 1.92. The van der Waals surface area contributed by atoms with E-state index in [1.54, 1.807) is 0 Å². The molecule has 0 spiro atoms. The lowest BCUT2D eigenvalue weighted by Crippen LogP contribution is -2.53. The minimum atomic E-state index is -0.748. The van der Waals surface area contributed by atoms with E-state index in [0.717, 1.165) is 18.8 Å². The number of aliphatic hydroxyl groups is 1. The molecule has 3 unspecified atom stereocenters. The molecule has 92 valence electrons. The Kier molecular flexibility index (Phi) is 2.99. The van der Waals surface area contributed by atoms with Crippen molar-refractivity contribution in [3.63, 3.8) is 0 Å². The molecule has 3 nitrogen and oxygen atoms in total. The van der Waals surface area contributed by atoms with Gasteiger partial charge in [-0.3, -0.25) is 4.79 Å². The summed E-state index contributed by atoms with van der Waals surface area (Å²) in [7, 11) is 0. The summed E-state index contributed by atoms with van der Waals surface area (Å²) >= 11 is 0. The van der Waals surface area contributed by atoms with Crippen LogP contribution in [0.5, 0.6) is 0 Å². The van der Waals surface area contributed by atoms with E-state index in [2.05, 4.69) is 13.8 Å². The second kappa shape index (κ2) is 4.02. The molecule has 2 rings (SSSR count). The fourth-order valence-electron chi connectivity index (χ4n) is 3.34. The summed E-state index contributed by atoms with van der Waals surface area (Å²) in [5.74, 6) is 0.678. The fraction of sp³-hybridized carbons (Fsp3) is 0.923. The summed E-state index contributed by atoms with van der Waals surface area (Å²) < 4.78 is 0. The SMILES string of the molecule is CC1CCC(C2(O)CC(C(=O)O)C2)CC1C. The summed E-state index contributed by atoms with van der Waals surface area (Å²) in [4.78, 5) is 10.8. The Hall–Kier alpha value is -0.570. The smallest absolute Gasteiger partial charge is 0.306 e. The third-order valence-electron chi connectivity index (χ3n) is 4.91. The van der Waals surface area contributed by atoms with Gasteiger partial charge in [0.15, 0.2) is 0 Å². The first kappa shape index (κ1) is 11.9. The molecule has 2 fully saturated rings. The molecule has 2 N–H and O–H groups in total. The topological polar surface area (TPSA) is 57.5 Å². The minimum absolute atomic E-state index is 0.306. The van der Waals surface area contributed by atoms with E-state index < -0.39 is 11.6 Å². The zero-order chi connectivity index (χ0) is 11.9. The molecule has 3 heteroatoms. The second-order valence-corrected chi connectivity index (χ2v) is 6.01. The molecule has 0 saturated heterocycles. The number of aliphatic carboxylic acids is 1. The maximum Gasteiger partial charge on any atom is 0.306 e. The van der Waals surface area contributed by atoms with Crippen molar-refractivity contribution < 1.29 is 15.0 Å².